The number of hydrogen-bond acceptors (Lipinski definition) is 3. The molecule has 0 spiro atoms. The maximum Gasteiger partial charge on any atom is 0.214 e. The van der Waals surface area contributed by atoms with Gasteiger partial charge >= 0.3 is 0 Å². The molecule has 0 aliphatic heterocycles. The number of nitrogens with one attached hydrogen (secondary N) is 1. The molecule has 0 rings (SSSR count). The molecule has 45 valence electrons. The second-order valence-corrected chi connectivity index (χ2v) is 4.23. The van der Waals surface area contributed by atoms with Gasteiger partial charge in [0.1, 0.15) is 0 Å². The Balaban J connectivity index is 0. The van der Waals surface area contributed by atoms with Crippen molar-refractivity contribution >= 4 is 36.9 Å². The van der Waals surface area contributed by atoms with Gasteiger partial charge in [-0.1, -0.05) is 0 Å². The van der Waals surface area contributed by atoms with Crippen LogP contribution in [0.25, 0.3) is 0 Å². The Morgan fingerprint density at radius 2 is 1.88 bits per heavy atom. The fourth-order valence-electron chi connectivity index (χ4n) is 0.220. The predicted octanol–water partition coefficient (Wildman–Crippen LogP) is 0.294. The number of hydrogen-bond donors (Lipinski definition) is 1. The summed E-state index contributed by atoms with van der Waals surface area (Å²) in [6, 6.07) is 0. The average Bonchev–Trinajstić information content (AvgIpc) is 1.30. The molecule has 0 saturated heterocycles. The van der Waals surface area contributed by atoms with Gasteiger partial charge in [-0.2, -0.15) is 5.48 Å². The van der Waals surface area contributed by atoms with Crippen molar-refractivity contribution < 1.29 is 9.19 Å². The Morgan fingerprint density at radius 3 is 1.88 bits per heavy atom. The molecule has 0 amide bonds. The molecule has 0 bridgehead atoms. The molecule has 0 saturated carbocycles. The van der Waals surface area contributed by atoms with Crippen molar-refractivity contribution in [2.45, 2.75) is 0 Å². The zero-order valence-electron chi connectivity index (χ0n) is 5.76. The fraction of sp³-hybridized carbons (Fsp3) is 1.00. The van der Waals surface area contributed by atoms with Gasteiger partial charge in [0.15, 0.2) is 0 Å². The Kier molecular flexibility index (Phi) is 7.40. The summed E-state index contributed by atoms with van der Waals surface area (Å²) in [7, 11) is -0.694. The van der Waals surface area contributed by atoms with E-state index in [0.717, 1.165) is 0 Å². The normalized spacial score (nSPS) is 10.4. The second kappa shape index (κ2) is 4.98. The zero-order chi connectivity index (χ0) is 5.91. The van der Waals surface area contributed by atoms with Gasteiger partial charge in [-0.15, -0.1) is 0 Å². The summed E-state index contributed by atoms with van der Waals surface area (Å²) < 4.78 is 15.1. The van der Waals surface area contributed by atoms with Gasteiger partial charge in [-0.25, -0.2) is 4.62 Å². The van der Waals surface area contributed by atoms with E-state index in [1.807, 2.05) is 0 Å². The summed E-state index contributed by atoms with van der Waals surface area (Å²) in [5.41, 5.74) is 2.34. The van der Waals surface area contributed by atoms with Crippen molar-refractivity contribution in [2.24, 2.45) is 0 Å². The van der Waals surface area contributed by atoms with Crippen molar-refractivity contribution in [3.63, 3.8) is 0 Å². The molecule has 3 nitrogen and oxygen atoms in total. The molecule has 1 N–H and O–H groups in total. The van der Waals surface area contributed by atoms with Gasteiger partial charge in [-0.3, -0.25) is 4.57 Å². The molecule has 0 fully saturated rings. The molecule has 0 atom stereocenters. The molecular formula is C3H10NNaO2P. The van der Waals surface area contributed by atoms with Gasteiger partial charge in [0.25, 0.3) is 0 Å². The van der Waals surface area contributed by atoms with Crippen LogP contribution < -0.4 is 5.48 Å². The Labute approximate surface area is 71.9 Å². The van der Waals surface area contributed by atoms with E-state index in [1.165, 1.54) is 0 Å². The third-order valence-corrected chi connectivity index (χ3v) is 0.933. The molecule has 0 aromatic rings. The van der Waals surface area contributed by atoms with Crippen molar-refractivity contribution in [3.05, 3.63) is 0 Å². The molecule has 0 aliphatic rings. The summed E-state index contributed by atoms with van der Waals surface area (Å²) in [5.74, 6) is 0. The van der Waals surface area contributed by atoms with Crippen LogP contribution in [-0.2, 0) is 9.19 Å². The SMILES string of the molecule is CNOP(C)(C)=O.[Na]. The largest absolute Gasteiger partial charge is 0.292 e. The van der Waals surface area contributed by atoms with Crippen LogP contribution in [0.4, 0.5) is 0 Å². The van der Waals surface area contributed by atoms with Crippen LogP contribution in [0, 0.1) is 0 Å². The molecular weight excluding hydrogens is 136 g/mol. The van der Waals surface area contributed by atoms with Crippen LogP contribution in [0.15, 0.2) is 0 Å². The predicted molar refractivity (Wildman–Crippen MR) is 35.4 cm³/mol. The smallest absolute Gasteiger partial charge is 0.214 e. The van der Waals surface area contributed by atoms with Crippen LogP contribution in [0.5, 0.6) is 0 Å². The van der Waals surface area contributed by atoms with Gasteiger partial charge in [-0.05, 0) is 0 Å². The van der Waals surface area contributed by atoms with Crippen molar-refractivity contribution in [1.82, 2.24) is 5.48 Å². The first-order chi connectivity index (χ1) is 3.06. The van der Waals surface area contributed by atoms with Crippen LogP contribution in [0.3, 0.4) is 0 Å². The molecule has 0 aliphatic carbocycles. The number of hydroxylamine groups is 1. The van der Waals surface area contributed by atoms with Gasteiger partial charge in [0, 0.05) is 49.9 Å². The molecule has 0 unspecified atom stereocenters. The molecule has 8 heavy (non-hydrogen) atoms. The van der Waals surface area contributed by atoms with Crippen LogP contribution >= 0.6 is 7.37 Å². The van der Waals surface area contributed by atoms with E-state index in [-0.39, 0.29) is 29.6 Å². The van der Waals surface area contributed by atoms with E-state index in [9.17, 15) is 4.57 Å². The maximum atomic E-state index is 10.5. The minimum atomic E-state index is -2.28. The Bertz CT molecular complexity index is 91.3. The van der Waals surface area contributed by atoms with Gasteiger partial charge in [0.2, 0.25) is 7.37 Å². The third-order valence-electron chi connectivity index (χ3n) is 0.311. The zero-order valence-corrected chi connectivity index (χ0v) is 8.66. The van der Waals surface area contributed by atoms with Gasteiger partial charge < -0.3 is 0 Å². The Hall–Kier alpha value is 1.15. The van der Waals surface area contributed by atoms with E-state index in [4.69, 9.17) is 0 Å². The molecule has 0 aromatic heterocycles. The van der Waals surface area contributed by atoms with E-state index in [0.29, 0.717) is 0 Å². The van der Waals surface area contributed by atoms with Crippen LogP contribution in [0.2, 0.25) is 0 Å². The number of rotatable bonds is 2. The standard InChI is InChI=1S/C3H10NO2P.Na/c1-4-6-7(2,3)5;/h4H,1-3H3;. The first-order valence-electron chi connectivity index (χ1n) is 1.96. The minimum Gasteiger partial charge on any atom is -0.292 e. The average molecular weight is 146 g/mol. The molecule has 0 heterocycles. The molecule has 5 heteroatoms. The van der Waals surface area contributed by atoms with Gasteiger partial charge in [0.05, 0.1) is 0 Å². The first-order valence-corrected chi connectivity index (χ1v) is 4.48. The van der Waals surface area contributed by atoms with E-state index in [2.05, 4.69) is 10.1 Å². The third kappa shape index (κ3) is 10.2. The van der Waals surface area contributed by atoms with Crippen molar-refractivity contribution in [2.75, 3.05) is 20.4 Å². The summed E-state index contributed by atoms with van der Waals surface area (Å²) in [6.07, 6.45) is 0. The maximum absolute atomic E-state index is 10.5. The monoisotopic (exact) mass is 146 g/mol. The second-order valence-electron chi connectivity index (χ2n) is 1.55. The van der Waals surface area contributed by atoms with Crippen molar-refractivity contribution in [3.8, 4) is 0 Å². The Morgan fingerprint density at radius 1 is 1.50 bits per heavy atom. The molecule has 0 aromatic carbocycles. The summed E-state index contributed by atoms with van der Waals surface area (Å²) in [6.45, 7) is 3.09. The van der Waals surface area contributed by atoms with E-state index < -0.39 is 7.37 Å². The fourth-order valence-corrected chi connectivity index (χ4v) is 0.660. The topological polar surface area (TPSA) is 38.3 Å². The van der Waals surface area contributed by atoms with Crippen LogP contribution in [0.1, 0.15) is 0 Å². The minimum absolute atomic E-state index is 0. The van der Waals surface area contributed by atoms with E-state index >= 15 is 0 Å². The quantitative estimate of drug-likeness (QED) is 0.346. The van der Waals surface area contributed by atoms with Crippen molar-refractivity contribution in [1.29, 1.82) is 0 Å². The summed E-state index contributed by atoms with van der Waals surface area (Å²) >= 11 is 0. The summed E-state index contributed by atoms with van der Waals surface area (Å²) in [4.78, 5) is 0. The molecule has 1 radical (unpaired) electrons. The van der Waals surface area contributed by atoms with Crippen LogP contribution in [-0.4, -0.2) is 49.9 Å². The van der Waals surface area contributed by atoms with E-state index in [1.54, 1.807) is 20.4 Å². The first kappa shape index (κ1) is 11.9. The summed E-state index contributed by atoms with van der Waals surface area (Å²) in [5, 5.41) is 0.